The lowest BCUT2D eigenvalue weighted by molar-refractivity contribution is 0.595. The SMILES string of the molecule is Nc1nc(Cl)c2c(n1)-c1ccccc1[S+]([O-])CC2. The van der Waals surface area contributed by atoms with Crippen LogP contribution in [0.25, 0.3) is 11.3 Å². The Labute approximate surface area is 112 Å². The van der Waals surface area contributed by atoms with Crippen LogP contribution in [0.15, 0.2) is 29.2 Å². The molecule has 0 spiro atoms. The lowest BCUT2D eigenvalue weighted by Gasteiger charge is -2.09. The van der Waals surface area contributed by atoms with Crippen LogP contribution in [0.5, 0.6) is 0 Å². The van der Waals surface area contributed by atoms with Crippen LogP contribution in [0.1, 0.15) is 5.56 Å². The summed E-state index contributed by atoms with van der Waals surface area (Å²) in [6.07, 6.45) is 0.593. The average molecular weight is 280 g/mol. The summed E-state index contributed by atoms with van der Waals surface area (Å²) in [7, 11) is 0. The van der Waals surface area contributed by atoms with E-state index in [1.165, 1.54) is 0 Å². The Bertz CT molecular complexity index is 620. The molecule has 1 aliphatic rings. The highest BCUT2D eigenvalue weighted by Crippen LogP contribution is 2.35. The summed E-state index contributed by atoms with van der Waals surface area (Å²) >= 11 is 5.06. The maximum absolute atomic E-state index is 12.2. The van der Waals surface area contributed by atoms with Gasteiger partial charge in [0.25, 0.3) is 0 Å². The number of halogens is 1. The molecule has 1 atom stereocenters. The minimum absolute atomic E-state index is 0.140. The van der Waals surface area contributed by atoms with Gasteiger partial charge in [0.2, 0.25) is 5.95 Å². The Kier molecular flexibility index (Phi) is 2.89. The van der Waals surface area contributed by atoms with Gasteiger partial charge in [-0.2, -0.15) is 0 Å². The standard InChI is InChI=1S/C12H10ClN3OS/c13-11-8-5-6-18(17)9-4-2-1-3-7(9)10(8)15-12(14)16-11/h1-4H,5-6H2,(H2,14,15,16). The molecular formula is C12H10ClN3OS. The van der Waals surface area contributed by atoms with E-state index in [9.17, 15) is 4.55 Å². The van der Waals surface area contributed by atoms with Crippen molar-refractivity contribution in [1.29, 1.82) is 0 Å². The molecule has 0 fully saturated rings. The Balaban J connectivity index is 2.32. The summed E-state index contributed by atoms with van der Waals surface area (Å²) in [4.78, 5) is 9.00. The van der Waals surface area contributed by atoms with Crippen LogP contribution in [0.4, 0.5) is 5.95 Å². The van der Waals surface area contributed by atoms with Crippen molar-refractivity contribution in [2.45, 2.75) is 11.3 Å². The van der Waals surface area contributed by atoms with E-state index >= 15 is 0 Å². The van der Waals surface area contributed by atoms with Gasteiger partial charge in [0.15, 0.2) is 4.90 Å². The van der Waals surface area contributed by atoms with Gasteiger partial charge in [-0.3, -0.25) is 0 Å². The van der Waals surface area contributed by atoms with E-state index in [1.807, 2.05) is 24.3 Å². The highest BCUT2D eigenvalue weighted by molar-refractivity contribution is 7.91. The van der Waals surface area contributed by atoms with Gasteiger partial charge in [-0.1, -0.05) is 23.7 Å². The van der Waals surface area contributed by atoms with E-state index in [2.05, 4.69) is 9.97 Å². The fourth-order valence-electron chi connectivity index (χ4n) is 2.08. The zero-order valence-corrected chi connectivity index (χ0v) is 11.0. The maximum Gasteiger partial charge on any atom is 0.222 e. The average Bonchev–Trinajstić information content (AvgIpc) is 2.49. The topological polar surface area (TPSA) is 74.9 Å². The first kappa shape index (κ1) is 11.8. The van der Waals surface area contributed by atoms with E-state index in [-0.39, 0.29) is 5.95 Å². The number of rotatable bonds is 0. The van der Waals surface area contributed by atoms with Crippen LogP contribution in [-0.4, -0.2) is 20.3 Å². The molecule has 0 saturated heterocycles. The first-order valence-electron chi connectivity index (χ1n) is 5.46. The lowest BCUT2D eigenvalue weighted by Crippen LogP contribution is -2.07. The highest BCUT2D eigenvalue weighted by atomic mass is 35.5. The summed E-state index contributed by atoms with van der Waals surface area (Å²) in [5.74, 6) is 0.665. The molecule has 0 amide bonds. The van der Waals surface area contributed by atoms with Gasteiger partial charge >= 0.3 is 0 Å². The first-order chi connectivity index (χ1) is 8.66. The smallest absolute Gasteiger partial charge is 0.222 e. The second-order valence-electron chi connectivity index (χ2n) is 4.00. The summed E-state index contributed by atoms with van der Waals surface area (Å²) in [6, 6.07) is 7.50. The fraction of sp³-hybridized carbons (Fsp3) is 0.167. The van der Waals surface area contributed by atoms with Crippen molar-refractivity contribution < 1.29 is 4.55 Å². The molecular weight excluding hydrogens is 270 g/mol. The van der Waals surface area contributed by atoms with Crippen LogP contribution in [0.2, 0.25) is 5.15 Å². The molecule has 0 radical (unpaired) electrons. The molecule has 3 rings (SSSR count). The lowest BCUT2D eigenvalue weighted by atomic mass is 10.1. The number of fused-ring (bicyclic) bond motifs is 3. The van der Waals surface area contributed by atoms with Gasteiger partial charge in [0.05, 0.1) is 11.3 Å². The Morgan fingerprint density at radius 3 is 2.89 bits per heavy atom. The number of nitrogen functional groups attached to an aromatic ring is 1. The second kappa shape index (κ2) is 4.42. The van der Waals surface area contributed by atoms with Crippen LogP contribution >= 0.6 is 11.6 Å². The number of nitrogens with two attached hydrogens (primary N) is 1. The van der Waals surface area contributed by atoms with Crippen molar-refractivity contribution in [3.05, 3.63) is 35.0 Å². The van der Waals surface area contributed by atoms with Crippen LogP contribution in [0.3, 0.4) is 0 Å². The van der Waals surface area contributed by atoms with E-state index < -0.39 is 11.2 Å². The van der Waals surface area contributed by atoms with Crippen molar-refractivity contribution in [3.63, 3.8) is 0 Å². The van der Waals surface area contributed by atoms with Crippen molar-refractivity contribution in [3.8, 4) is 11.3 Å². The predicted octanol–water partition coefficient (Wildman–Crippen LogP) is 2.04. The van der Waals surface area contributed by atoms with Crippen molar-refractivity contribution >= 4 is 28.7 Å². The van der Waals surface area contributed by atoms with Crippen molar-refractivity contribution in [2.75, 3.05) is 11.5 Å². The monoisotopic (exact) mass is 279 g/mol. The Hall–Kier alpha value is -1.30. The first-order valence-corrected chi connectivity index (χ1v) is 7.16. The molecule has 1 aliphatic heterocycles. The molecule has 1 unspecified atom stereocenters. The quantitative estimate of drug-likeness (QED) is 0.591. The Morgan fingerprint density at radius 1 is 1.28 bits per heavy atom. The van der Waals surface area contributed by atoms with Gasteiger partial charge < -0.3 is 10.3 Å². The number of benzene rings is 1. The summed E-state index contributed by atoms with van der Waals surface area (Å²) < 4.78 is 12.2. The van der Waals surface area contributed by atoms with Crippen molar-refractivity contribution in [2.24, 2.45) is 0 Å². The molecule has 1 aromatic heterocycles. The second-order valence-corrected chi connectivity index (χ2v) is 5.89. The molecule has 1 aromatic carbocycles. The third-order valence-corrected chi connectivity index (χ3v) is 4.63. The molecule has 0 saturated carbocycles. The summed E-state index contributed by atoms with van der Waals surface area (Å²) in [5.41, 5.74) is 8.00. The number of hydrogen-bond donors (Lipinski definition) is 1. The van der Waals surface area contributed by atoms with Gasteiger partial charge in [0, 0.05) is 12.0 Å². The molecule has 0 bridgehead atoms. The van der Waals surface area contributed by atoms with Crippen LogP contribution < -0.4 is 5.73 Å². The van der Waals surface area contributed by atoms with Crippen molar-refractivity contribution in [1.82, 2.24) is 9.97 Å². The van der Waals surface area contributed by atoms with E-state index in [1.54, 1.807) is 0 Å². The summed E-state index contributed by atoms with van der Waals surface area (Å²) in [6.45, 7) is 0. The zero-order valence-electron chi connectivity index (χ0n) is 9.39. The minimum atomic E-state index is -1.04. The number of anilines is 1. The molecule has 6 heteroatoms. The summed E-state index contributed by atoms with van der Waals surface area (Å²) in [5, 5.41) is 0.353. The number of aromatic nitrogens is 2. The number of hydrogen-bond acceptors (Lipinski definition) is 4. The minimum Gasteiger partial charge on any atom is -0.611 e. The largest absolute Gasteiger partial charge is 0.611 e. The van der Waals surface area contributed by atoms with Crippen LogP contribution in [-0.2, 0) is 17.6 Å². The fourth-order valence-corrected chi connectivity index (χ4v) is 3.60. The third-order valence-electron chi connectivity index (χ3n) is 2.90. The van der Waals surface area contributed by atoms with Crippen LogP contribution in [0, 0.1) is 0 Å². The molecule has 4 nitrogen and oxygen atoms in total. The highest BCUT2D eigenvalue weighted by Gasteiger charge is 2.26. The Morgan fingerprint density at radius 2 is 2.06 bits per heavy atom. The van der Waals surface area contributed by atoms with E-state index in [0.29, 0.717) is 23.0 Å². The number of nitrogens with zero attached hydrogens (tertiary/aromatic N) is 2. The molecule has 2 aromatic rings. The van der Waals surface area contributed by atoms with Gasteiger partial charge in [-0.15, -0.1) is 0 Å². The zero-order chi connectivity index (χ0) is 12.7. The third kappa shape index (κ3) is 1.84. The van der Waals surface area contributed by atoms with Gasteiger partial charge in [0.1, 0.15) is 10.9 Å². The molecule has 18 heavy (non-hydrogen) atoms. The predicted molar refractivity (Wildman–Crippen MR) is 71.9 cm³/mol. The normalized spacial score (nSPS) is 17.8. The van der Waals surface area contributed by atoms with Gasteiger partial charge in [-0.25, -0.2) is 9.97 Å². The molecule has 2 N–H and O–H groups in total. The maximum atomic E-state index is 12.2. The molecule has 92 valence electrons. The van der Waals surface area contributed by atoms with E-state index in [0.717, 1.165) is 16.0 Å². The van der Waals surface area contributed by atoms with Gasteiger partial charge in [-0.05, 0) is 23.3 Å². The molecule has 0 aliphatic carbocycles. The molecule has 2 heterocycles. The van der Waals surface area contributed by atoms with E-state index in [4.69, 9.17) is 17.3 Å².